The Labute approximate surface area is 201 Å². The molecule has 1 fully saturated rings. The summed E-state index contributed by atoms with van der Waals surface area (Å²) < 4.78 is 19.8. The van der Waals surface area contributed by atoms with Crippen LogP contribution in [0.1, 0.15) is 49.9 Å². The van der Waals surface area contributed by atoms with Crippen molar-refractivity contribution in [3.63, 3.8) is 0 Å². The molecule has 1 aromatic carbocycles. The van der Waals surface area contributed by atoms with E-state index in [1.165, 1.54) is 37.8 Å². The van der Waals surface area contributed by atoms with E-state index in [1.807, 2.05) is 6.92 Å². The summed E-state index contributed by atoms with van der Waals surface area (Å²) in [5.74, 6) is 0.596. The summed E-state index contributed by atoms with van der Waals surface area (Å²) in [5.41, 5.74) is 1.86. The SMILES string of the molecule is C[C@@H]1CN([C@@H](C)CO)C(=O)c2cc(-c3ccc(F)cc3)cnc2O[C@@H]1CN(C)CC1CCCC1. The predicted octanol–water partition coefficient (Wildman–Crippen LogP) is 4.23. The molecule has 0 unspecified atom stereocenters. The Hall–Kier alpha value is -2.51. The van der Waals surface area contributed by atoms with Gasteiger partial charge in [-0.2, -0.15) is 0 Å². The summed E-state index contributed by atoms with van der Waals surface area (Å²) in [7, 11) is 2.14. The minimum Gasteiger partial charge on any atom is -0.472 e. The molecule has 0 bridgehead atoms. The molecular formula is C27H36FN3O3. The van der Waals surface area contributed by atoms with Crippen molar-refractivity contribution in [1.29, 1.82) is 0 Å². The van der Waals surface area contributed by atoms with Crippen molar-refractivity contribution in [2.75, 3.05) is 33.3 Å². The van der Waals surface area contributed by atoms with Gasteiger partial charge in [-0.15, -0.1) is 0 Å². The number of hydrogen-bond acceptors (Lipinski definition) is 5. The number of nitrogens with zero attached hydrogens (tertiary/aromatic N) is 3. The maximum atomic E-state index is 13.6. The van der Waals surface area contributed by atoms with Crippen LogP contribution in [-0.2, 0) is 0 Å². The number of fused-ring (bicyclic) bond motifs is 1. The van der Waals surface area contributed by atoms with Crippen molar-refractivity contribution < 1.29 is 19.0 Å². The molecule has 1 saturated carbocycles. The van der Waals surface area contributed by atoms with Gasteiger partial charge in [-0.1, -0.05) is 31.9 Å². The zero-order valence-corrected chi connectivity index (χ0v) is 20.4. The van der Waals surface area contributed by atoms with Gasteiger partial charge in [-0.25, -0.2) is 9.37 Å². The number of amides is 1. The van der Waals surface area contributed by atoms with Gasteiger partial charge in [-0.3, -0.25) is 4.79 Å². The summed E-state index contributed by atoms with van der Waals surface area (Å²) in [5, 5.41) is 9.85. The maximum absolute atomic E-state index is 13.6. The van der Waals surface area contributed by atoms with Crippen LogP contribution in [0.25, 0.3) is 11.1 Å². The van der Waals surface area contributed by atoms with E-state index in [0.717, 1.165) is 30.1 Å². The standard InChI is InChI=1S/C27H36FN3O3/c1-18-14-31(19(2)17-32)27(33)24-12-22(21-8-10-23(28)11-9-21)13-29-26(24)34-25(18)16-30(3)15-20-6-4-5-7-20/h8-13,18-20,25,32H,4-7,14-17H2,1-3H3/t18-,19+,25-/m1/s1. The molecule has 1 aliphatic heterocycles. The molecule has 0 saturated heterocycles. The van der Waals surface area contributed by atoms with E-state index in [1.54, 1.807) is 29.3 Å². The number of carbonyl (C=O) groups is 1. The topological polar surface area (TPSA) is 65.9 Å². The Bertz CT molecular complexity index is 978. The average Bonchev–Trinajstić information content (AvgIpc) is 3.34. The van der Waals surface area contributed by atoms with Crippen LogP contribution < -0.4 is 4.74 Å². The highest BCUT2D eigenvalue weighted by Gasteiger charge is 2.34. The van der Waals surface area contributed by atoms with Gasteiger partial charge in [0.15, 0.2) is 0 Å². The molecule has 0 radical (unpaired) electrons. The van der Waals surface area contributed by atoms with Crippen molar-refractivity contribution in [2.45, 2.75) is 51.7 Å². The average molecular weight is 470 g/mol. The molecule has 184 valence electrons. The first kappa shape index (κ1) is 24.6. The van der Waals surface area contributed by atoms with Crippen molar-refractivity contribution in [3.05, 3.63) is 47.9 Å². The molecule has 7 heteroatoms. The lowest BCUT2D eigenvalue weighted by Crippen LogP contribution is -2.50. The lowest BCUT2D eigenvalue weighted by atomic mass is 9.98. The fourth-order valence-corrected chi connectivity index (χ4v) is 5.14. The van der Waals surface area contributed by atoms with E-state index in [2.05, 4.69) is 23.9 Å². The fourth-order valence-electron chi connectivity index (χ4n) is 5.14. The van der Waals surface area contributed by atoms with E-state index in [0.29, 0.717) is 18.0 Å². The van der Waals surface area contributed by atoms with Crippen LogP contribution >= 0.6 is 0 Å². The van der Waals surface area contributed by atoms with Crippen LogP contribution in [0.3, 0.4) is 0 Å². The second-order valence-electron chi connectivity index (χ2n) is 10.1. The van der Waals surface area contributed by atoms with Crippen LogP contribution in [0.15, 0.2) is 36.5 Å². The first-order valence-electron chi connectivity index (χ1n) is 12.4. The Morgan fingerprint density at radius 2 is 1.91 bits per heavy atom. The zero-order valence-electron chi connectivity index (χ0n) is 20.4. The summed E-state index contributed by atoms with van der Waals surface area (Å²) in [4.78, 5) is 22.2. The van der Waals surface area contributed by atoms with E-state index in [9.17, 15) is 14.3 Å². The quantitative estimate of drug-likeness (QED) is 0.658. The Kier molecular flexibility index (Phi) is 7.84. The number of hydrogen-bond donors (Lipinski definition) is 1. The van der Waals surface area contributed by atoms with E-state index in [-0.39, 0.29) is 36.4 Å². The van der Waals surface area contributed by atoms with Crippen LogP contribution in [0.5, 0.6) is 5.88 Å². The molecule has 34 heavy (non-hydrogen) atoms. The summed E-state index contributed by atoms with van der Waals surface area (Å²) in [6, 6.07) is 7.57. The molecule has 2 aliphatic rings. The molecule has 1 amide bonds. The van der Waals surface area contributed by atoms with Crippen molar-refractivity contribution >= 4 is 5.91 Å². The Morgan fingerprint density at radius 3 is 2.59 bits per heavy atom. The van der Waals surface area contributed by atoms with Gasteiger partial charge in [0.25, 0.3) is 5.91 Å². The molecule has 1 aromatic heterocycles. The molecule has 0 spiro atoms. The number of aromatic nitrogens is 1. The summed E-state index contributed by atoms with van der Waals surface area (Å²) in [6.07, 6.45) is 6.74. The second-order valence-corrected chi connectivity index (χ2v) is 10.1. The summed E-state index contributed by atoms with van der Waals surface area (Å²) >= 11 is 0. The Morgan fingerprint density at radius 1 is 1.21 bits per heavy atom. The van der Waals surface area contributed by atoms with Gasteiger partial charge < -0.3 is 19.6 Å². The van der Waals surface area contributed by atoms with E-state index in [4.69, 9.17) is 4.74 Å². The Balaban J connectivity index is 1.64. The highest BCUT2D eigenvalue weighted by atomic mass is 19.1. The molecule has 1 aliphatic carbocycles. The van der Waals surface area contributed by atoms with Gasteiger partial charge in [0, 0.05) is 37.3 Å². The van der Waals surface area contributed by atoms with Gasteiger partial charge in [-0.05, 0) is 56.5 Å². The predicted molar refractivity (Wildman–Crippen MR) is 130 cm³/mol. The number of pyridine rings is 1. The van der Waals surface area contributed by atoms with Crippen LogP contribution in [-0.4, -0.2) is 71.2 Å². The second kappa shape index (κ2) is 10.8. The highest BCUT2D eigenvalue weighted by molar-refractivity contribution is 5.98. The fraction of sp³-hybridized carbons (Fsp3) is 0.556. The van der Waals surface area contributed by atoms with Crippen molar-refractivity contribution in [2.24, 2.45) is 11.8 Å². The number of rotatable bonds is 7. The number of aliphatic hydroxyl groups is 1. The zero-order chi connectivity index (χ0) is 24.2. The molecule has 6 nitrogen and oxygen atoms in total. The molecule has 4 rings (SSSR count). The van der Waals surface area contributed by atoms with Crippen LogP contribution in [0, 0.1) is 17.7 Å². The van der Waals surface area contributed by atoms with Crippen molar-refractivity contribution in [3.8, 4) is 17.0 Å². The number of halogens is 1. The lowest BCUT2D eigenvalue weighted by Gasteiger charge is -2.38. The lowest BCUT2D eigenvalue weighted by molar-refractivity contribution is 0.0320. The molecular weight excluding hydrogens is 433 g/mol. The summed E-state index contributed by atoms with van der Waals surface area (Å²) in [6.45, 7) is 6.11. The highest BCUT2D eigenvalue weighted by Crippen LogP contribution is 2.31. The van der Waals surface area contributed by atoms with E-state index < -0.39 is 0 Å². The minimum absolute atomic E-state index is 0.0655. The largest absolute Gasteiger partial charge is 0.472 e. The number of carbonyl (C=O) groups excluding carboxylic acids is 1. The first-order valence-corrected chi connectivity index (χ1v) is 12.4. The normalized spacial score (nSPS) is 22.3. The number of likely N-dealkylation sites (N-methyl/N-ethyl adjacent to an activating group) is 1. The molecule has 3 atom stereocenters. The van der Waals surface area contributed by atoms with Crippen LogP contribution in [0.4, 0.5) is 4.39 Å². The number of benzene rings is 1. The van der Waals surface area contributed by atoms with Gasteiger partial charge >= 0.3 is 0 Å². The van der Waals surface area contributed by atoms with Gasteiger partial charge in [0.2, 0.25) is 5.88 Å². The van der Waals surface area contributed by atoms with Gasteiger partial charge in [0.1, 0.15) is 17.5 Å². The third-order valence-electron chi connectivity index (χ3n) is 7.23. The maximum Gasteiger partial charge on any atom is 0.259 e. The number of ether oxygens (including phenoxy) is 1. The van der Waals surface area contributed by atoms with Crippen LogP contribution in [0.2, 0.25) is 0 Å². The molecule has 1 N–H and O–H groups in total. The van der Waals surface area contributed by atoms with Crippen molar-refractivity contribution in [1.82, 2.24) is 14.8 Å². The van der Waals surface area contributed by atoms with Gasteiger partial charge in [0.05, 0.1) is 12.6 Å². The first-order chi connectivity index (χ1) is 16.4. The minimum atomic E-state index is -0.327. The van der Waals surface area contributed by atoms with E-state index >= 15 is 0 Å². The molecule has 2 aromatic rings. The smallest absolute Gasteiger partial charge is 0.259 e. The third-order valence-corrected chi connectivity index (χ3v) is 7.23. The molecule has 2 heterocycles. The third kappa shape index (κ3) is 5.58. The number of aliphatic hydroxyl groups excluding tert-OH is 1. The monoisotopic (exact) mass is 469 g/mol.